The van der Waals surface area contributed by atoms with Crippen molar-refractivity contribution < 1.29 is 9.22 Å². The van der Waals surface area contributed by atoms with Crippen LogP contribution in [0.5, 0.6) is 5.75 Å². The highest BCUT2D eigenvalue weighted by Gasteiger charge is 2.58. The Morgan fingerprint density at radius 2 is 1.95 bits per heavy atom. The quantitative estimate of drug-likeness (QED) is 0.740. The molecule has 2 fully saturated rings. The first-order chi connectivity index (χ1) is 10.1. The number of anilines is 1. The monoisotopic (exact) mass is 285 g/mol. The number of nitrogens with zero attached hydrogens (tertiary/aromatic N) is 1. The third kappa shape index (κ3) is 1.48. The fraction of sp³-hybridized carbons (Fsp3) is 0.667. The van der Waals surface area contributed by atoms with Crippen molar-refractivity contribution in [2.24, 2.45) is 0 Å². The molecule has 3 heteroatoms. The third-order valence-electron chi connectivity index (χ3n) is 6.96. The maximum absolute atomic E-state index is 6.17. The van der Waals surface area contributed by atoms with Gasteiger partial charge in [-0.15, -0.1) is 0 Å². The van der Waals surface area contributed by atoms with Gasteiger partial charge in [0.1, 0.15) is 5.75 Å². The van der Waals surface area contributed by atoms with Crippen molar-refractivity contribution in [3.8, 4) is 5.75 Å². The van der Waals surface area contributed by atoms with E-state index in [-0.39, 0.29) is 0 Å². The molecule has 1 aromatic carbocycles. The molecule has 112 valence electrons. The van der Waals surface area contributed by atoms with E-state index in [1.165, 1.54) is 52.7 Å². The summed E-state index contributed by atoms with van der Waals surface area (Å²) in [5, 5.41) is 3.55. The van der Waals surface area contributed by atoms with Crippen LogP contribution in [0.4, 0.5) is 5.69 Å². The molecule has 0 saturated carbocycles. The Morgan fingerprint density at radius 3 is 2.71 bits per heavy atom. The number of rotatable bonds is 0. The molecule has 4 aliphatic rings. The summed E-state index contributed by atoms with van der Waals surface area (Å²) in [7, 11) is 4.88. The molecule has 4 heterocycles. The summed E-state index contributed by atoms with van der Waals surface area (Å²) in [6, 6.07) is 6.38. The normalized spacial score (nSPS) is 38.0. The fourth-order valence-electron chi connectivity index (χ4n) is 5.50. The number of piperidine rings is 1. The molecular formula is C18H25N2O+. The van der Waals surface area contributed by atoms with Crippen molar-refractivity contribution in [1.82, 2.24) is 0 Å². The van der Waals surface area contributed by atoms with Gasteiger partial charge in [-0.3, -0.25) is 0 Å². The zero-order chi connectivity index (χ0) is 14.2. The first-order valence-electron chi connectivity index (χ1n) is 8.46. The molecule has 1 aromatic rings. The molecule has 2 unspecified atom stereocenters. The Balaban J connectivity index is 1.59. The van der Waals surface area contributed by atoms with E-state index in [0.29, 0.717) is 5.41 Å². The molecule has 4 aliphatic heterocycles. The summed E-state index contributed by atoms with van der Waals surface area (Å²) in [6.45, 7) is 2.00. The maximum Gasteiger partial charge on any atom is 0.123 e. The van der Waals surface area contributed by atoms with E-state index < -0.39 is 0 Å². The van der Waals surface area contributed by atoms with Crippen molar-refractivity contribution >= 4 is 5.69 Å². The van der Waals surface area contributed by atoms with Crippen LogP contribution in [0.15, 0.2) is 12.1 Å². The second kappa shape index (κ2) is 3.75. The van der Waals surface area contributed by atoms with Crippen molar-refractivity contribution in [1.29, 1.82) is 0 Å². The molecule has 0 radical (unpaired) electrons. The maximum atomic E-state index is 6.17. The third-order valence-corrected chi connectivity index (χ3v) is 6.96. The average molecular weight is 285 g/mol. The van der Waals surface area contributed by atoms with Gasteiger partial charge in [0.2, 0.25) is 0 Å². The molecule has 2 bridgehead atoms. The molecule has 0 aliphatic carbocycles. The van der Waals surface area contributed by atoms with Crippen LogP contribution >= 0.6 is 0 Å². The Morgan fingerprint density at radius 1 is 1.19 bits per heavy atom. The number of fused-ring (bicyclic) bond motifs is 5. The van der Waals surface area contributed by atoms with Crippen molar-refractivity contribution in [2.75, 3.05) is 32.6 Å². The number of nitrogens with one attached hydrogen (secondary N) is 1. The van der Waals surface area contributed by atoms with Gasteiger partial charge in [-0.1, -0.05) is 0 Å². The lowest BCUT2D eigenvalue weighted by Gasteiger charge is -2.48. The lowest BCUT2D eigenvalue weighted by Crippen LogP contribution is -2.58. The minimum absolute atomic E-state index is 0.300. The number of hydrogen-bond donors (Lipinski definition) is 1. The summed E-state index contributed by atoms with van der Waals surface area (Å²) in [5.74, 6) is 1.18. The SMILES string of the molecule is C[N+]1(C)C2CCC1CC1(COc3cc4c(cc31)NCC4)C2. The highest BCUT2D eigenvalue weighted by Crippen LogP contribution is 2.55. The van der Waals surface area contributed by atoms with E-state index in [4.69, 9.17) is 4.74 Å². The van der Waals surface area contributed by atoms with Crippen LogP contribution in [0.2, 0.25) is 0 Å². The van der Waals surface area contributed by atoms with Crippen LogP contribution in [-0.2, 0) is 11.8 Å². The van der Waals surface area contributed by atoms with E-state index in [0.717, 1.165) is 31.7 Å². The zero-order valence-electron chi connectivity index (χ0n) is 13.1. The summed E-state index contributed by atoms with van der Waals surface area (Å²) in [5.41, 5.74) is 4.62. The van der Waals surface area contributed by atoms with Crippen molar-refractivity contribution in [3.05, 3.63) is 23.3 Å². The number of benzene rings is 1. The predicted octanol–water partition coefficient (Wildman–Crippen LogP) is 2.69. The smallest absolute Gasteiger partial charge is 0.123 e. The molecular weight excluding hydrogens is 260 g/mol. The standard InChI is InChI=1S/C18H25N2O/c1-20(2)13-3-4-14(20)10-18(9-13)11-21-17-7-12-5-6-19-16(12)8-15(17)18/h7-8,13-14,19H,3-6,9-11H2,1-2H3/q+1. The highest BCUT2D eigenvalue weighted by molar-refractivity contribution is 5.63. The molecule has 1 N–H and O–H groups in total. The number of ether oxygens (including phenoxy) is 1. The van der Waals surface area contributed by atoms with Gasteiger partial charge in [-0.2, -0.15) is 0 Å². The van der Waals surface area contributed by atoms with Crippen LogP contribution in [-0.4, -0.2) is 43.8 Å². The molecule has 3 nitrogen and oxygen atoms in total. The first kappa shape index (κ1) is 12.3. The molecule has 0 aromatic heterocycles. The summed E-state index contributed by atoms with van der Waals surface area (Å²) < 4.78 is 7.41. The lowest BCUT2D eigenvalue weighted by atomic mass is 9.70. The molecule has 0 amide bonds. The van der Waals surface area contributed by atoms with E-state index in [9.17, 15) is 0 Å². The minimum Gasteiger partial charge on any atom is -0.492 e. The van der Waals surface area contributed by atoms with Gasteiger partial charge in [0.25, 0.3) is 0 Å². The van der Waals surface area contributed by atoms with Crippen LogP contribution in [0.3, 0.4) is 0 Å². The largest absolute Gasteiger partial charge is 0.492 e. The molecule has 1 spiro atoms. The van der Waals surface area contributed by atoms with Crippen molar-refractivity contribution in [2.45, 2.75) is 49.6 Å². The van der Waals surface area contributed by atoms with Gasteiger partial charge >= 0.3 is 0 Å². The molecule has 2 atom stereocenters. The van der Waals surface area contributed by atoms with Crippen LogP contribution < -0.4 is 10.1 Å². The van der Waals surface area contributed by atoms with Gasteiger partial charge in [0.15, 0.2) is 0 Å². The Hall–Kier alpha value is -1.22. The van der Waals surface area contributed by atoms with Gasteiger partial charge < -0.3 is 14.5 Å². The Labute approximate surface area is 126 Å². The van der Waals surface area contributed by atoms with E-state index in [1.807, 2.05) is 0 Å². The lowest BCUT2D eigenvalue weighted by molar-refractivity contribution is -0.932. The van der Waals surface area contributed by atoms with Gasteiger partial charge in [0, 0.05) is 48.9 Å². The van der Waals surface area contributed by atoms with Gasteiger partial charge in [-0.05, 0) is 24.1 Å². The topological polar surface area (TPSA) is 21.3 Å². The molecule has 2 saturated heterocycles. The van der Waals surface area contributed by atoms with Crippen molar-refractivity contribution in [3.63, 3.8) is 0 Å². The predicted molar refractivity (Wildman–Crippen MR) is 84.0 cm³/mol. The highest BCUT2D eigenvalue weighted by atomic mass is 16.5. The summed E-state index contributed by atoms with van der Waals surface area (Å²) >= 11 is 0. The van der Waals surface area contributed by atoms with Gasteiger partial charge in [0.05, 0.1) is 32.8 Å². The minimum atomic E-state index is 0.300. The van der Waals surface area contributed by atoms with E-state index >= 15 is 0 Å². The van der Waals surface area contributed by atoms with Crippen LogP contribution in [0.1, 0.15) is 36.8 Å². The first-order valence-corrected chi connectivity index (χ1v) is 8.46. The van der Waals surface area contributed by atoms with E-state index in [1.54, 1.807) is 0 Å². The van der Waals surface area contributed by atoms with E-state index in [2.05, 4.69) is 31.5 Å². The summed E-state index contributed by atoms with van der Waals surface area (Å²) in [6.07, 6.45) is 6.56. The number of hydrogen-bond acceptors (Lipinski definition) is 2. The molecule has 21 heavy (non-hydrogen) atoms. The number of quaternary nitrogens is 1. The summed E-state index contributed by atoms with van der Waals surface area (Å²) in [4.78, 5) is 0. The van der Waals surface area contributed by atoms with Gasteiger partial charge in [-0.25, -0.2) is 0 Å². The average Bonchev–Trinajstić information content (AvgIpc) is 3.05. The zero-order valence-corrected chi connectivity index (χ0v) is 13.1. The second-order valence-electron chi connectivity index (χ2n) is 8.17. The Bertz CT molecular complexity index is 606. The van der Waals surface area contributed by atoms with Crippen LogP contribution in [0.25, 0.3) is 0 Å². The fourth-order valence-corrected chi connectivity index (χ4v) is 5.50. The molecule has 5 rings (SSSR count). The Kier molecular flexibility index (Phi) is 2.20. The van der Waals surface area contributed by atoms with Crippen LogP contribution in [0, 0.1) is 0 Å². The second-order valence-corrected chi connectivity index (χ2v) is 8.17.